The maximum absolute atomic E-state index is 12.3. The van der Waals surface area contributed by atoms with Crippen LogP contribution in [0.1, 0.15) is 19.4 Å². The molecule has 8 heteroatoms. The Morgan fingerprint density at radius 2 is 1.81 bits per heavy atom. The van der Waals surface area contributed by atoms with Crippen molar-refractivity contribution in [3.63, 3.8) is 0 Å². The molecule has 0 spiro atoms. The average Bonchev–Trinajstić information content (AvgIpc) is 2.92. The van der Waals surface area contributed by atoms with Crippen molar-refractivity contribution in [1.82, 2.24) is 0 Å². The third kappa shape index (κ3) is 5.35. The first-order valence-electron chi connectivity index (χ1n) is 8.07. The van der Waals surface area contributed by atoms with Crippen LogP contribution in [0.3, 0.4) is 0 Å². The van der Waals surface area contributed by atoms with Crippen LogP contribution in [-0.4, -0.2) is 28.1 Å². The monoisotopic (exact) mass is 483 g/mol. The van der Waals surface area contributed by atoms with Crippen LogP contribution in [0.15, 0.2) is 56.9 Å². The van der Waals surface area contributed by atoms with Gasteiger partial charge in [0.1, 0.15) is 10.7 Å². The van der Waals surface area contributed by atoms with Crippen LogP contribution in [0.5, 0.6) is 0 Å². The summed E-state index contributed by atoms with van der Waals surface area (Å²) >= 11 is 16.9. The summed E-state index contributed by atoms with van der Waals surface area (Å²) < 4.78 is 0.958. The van der Waals surface area contributed by atoms with Gasteiger partial charge in [0.2, 0.25) is 5.91 Å². The molecule has 1 aliphatic heterocycles. The number of rotatable bonds is 4. The van der Waals surface area contributed by atoms with Gasteiger partial charge in [0.05, 0.1) is 21.5 Å². The van der Waals surface area contributed by atoms with Gasteiger partial charge in [-0.1, -0.05) is 57.0 Å². The molecule has 1 aliphatic rings. The van der Waals surface area contributed by atoms with Crippen molar-refractivity contribution in [3.05, 3.63) is 62.5 Å². The zero-order chi connectivity index (χ0) is 19.6. The third-order valence-corrected chi connectivity index (χ3v) is 5.86. The van der Waals surface area contributed by atoms with E-state index < -0.39 is 5.66 Å². The molecular formula is C19H16BrCl2N3OS. The average molecular weight is 485 g/mol. The fourth-order valence-corrected chi connectivity index (χ4v) is 3.93. The van der Waals surface area contributed by atoms with Crippen molar-refractivity contribution in [3.8, 4) is 0 Å². The predicted octanol–water partition coefficient (Wildman–Crippen LogP) is 6.07. The smallest absolute Gasteiger partial charge is 0.234 e. The number of benzene rings is 2. The highest BCUT2D eigenvalue weighted by Gasteiger charge is 2.28. The number of aliphatic imine (C=N–C) groups is 2. The number of carbonyl (C=O) groups is 1. The molecule has 3 rings (SSSR count). The number of anilines is 1. The second-order valence-electron chi connectivity index (χ2n) is 6.34. The number of amides is 1. The van der Waals surface area contributed by atoms with Gasteiger partial charge >= 0.3 is 0 Å². The Morgan fingerprint density at radius 3 is 2.48 bits per heavy atom. The highest BCUT2D eigenvalue weighted by Crippen LogP contribution is 2.29. The Bertz CT molecular complexity index is 942. The number of hydrogen-bond donors (Lipinski definition) is 1. The van der Waals surface area contributed by atoms with E-state index in [4.69, 9.17) is 23.2 Å². The Hall–Kier alpha value is -1.34. The fraction of sp³-hybridized carbons (Fsp3) is 0.211. The van der Waals surface area contributed by atoms with E-state index in [9.17, 15) is 4.79 Å². The van der Waals surface area contributed by atoms with E-state index in [2.05, 4.69) is 31.2 Å². The number of thioether (sulfide) groups is 1. The molecule has 0 unspecified atom stereocenters. The minimum atomic E-state index is -0.577. The molecular weight excluding hydrogens is 469 g/mol. The summed E-state index contributed by atoms with van der Waals surface area (Å²) in [5.74, 6) is 0.119. The number of hydrogen-bond acceptors (Lipinski definition) is 4. The van der Waals surface area contributed by atoms with Gasteiger partial charge in [0, 0.05) is 15.7 Å². The first kappa shape index (κ1) is 20.4. The van der Waals surface area contributed by atoms with Crippen LogP contribution in [0, 0.1) is 0 Å². The van der Waals surface area contributed by atoms with E-state index in [1.165, 1.54) is 11.8 Å². The molecule has 1 N–H and O–H groups in total. The Labute approximate surface area is 180 Å². The highest BCUT2D eigenvalue weighted by molar-refractivity contribution is 9.10. The molecule has 0 aliphatic carbocycles. The normalized spacial score (nSPS) is 15.3. The third-order valence-electron chi connectivity index (χ3n) is 3.62. The lowest BCUT2D eigenvalue weighted by Gasteiger charge is -2.08. The zero-order valence-corrected chi connectivity index (χ0v) is 18.5. The van der Waals surface area contributed by atoms with E-state index >= 15 is 0 Å². The van der Waals surface area contributed by atoms with Crippen molar-refractivity contribution in [2.45, 2.75) is 19.5 Å². The minimum absolute atomic E-state index is 0.108. The molecule has 4 nitrogen and oxygen atoms in total. The summed E-state index contributed by atoms with van der Waals surface area (Å²) in [4.78, 5) is 21.6. The number of nitrogens with zero attached hydrogens (tertiary/aromatic N) is 2. The number of nitrogens with one attached hydrogen (secondary N) is 1. The Morgan fingerprint density at radius 1 is 1.11 bits per heavy atom. The summed E-state index contributed by atoms with van der Waals surface area (Å²) in [6.45, 7) is 3.83. The zero-order valence-electron chi connectivity index (χ0n) is 14.6. The van der Waals surface area contributed by atoms with Crippen LogP contribution < -0.4 is 5.32 Å². The summed E-state index contributed by atoms with van der Waals surface area (Å²) in [6.07, 6.45) is 0. The largest absolute Gasteiger partial charge is 0.325 e. The molecule has 0 atom stereocenters. The molecule has 2 aromatic rings. The second-order valence-corrected chi connectivity index (χ2v) is 9.04. The fourth-order valence-electron chi connectivity index (χ4n) is 2.44. The van der Waals surface area contributed by atoms with Gasteiger partial charge < -0.3 is 5.32 Å². The minimum Gasteiger partial charge on any atom is -0.325 e. The highest BCUT2D eigenvalue weighted by atomic mass is 79.9. The predicted molar refractivity (Wildman–Crippen MR) is 120 cm³/mol. The summed E-state index contributed by atoms with van der Waals surface area (Å²) in [7, 11) is 0. The van der Waals surface area contributed by atoms with Gasteiger partial charge in [-0.15, -0.1) is 0 Å². The lowest BCUT2D eigenvalue weighted by atomic mass is 10.1. The van der Waals surface area contributed by atoms with E-state index in [1.54, 1.807) is 12.1 Å². The number of halogens is 3. The Kier molecular flexibility index (Phi) is 6.31. The molecule has 27 heavy (non-hydrogen) atoms. The first-order chi connectivity index (χ1) is 12.7. The van der Waals surface area contributed by atoms with Crippen molar-refractivity contribution < 1.29 is 4.79 Å². The van der Waals surface area contributed by atoms with Gasteiger partial charge in [0.15, 0.2) is 0 Å². The summed E-state index contributed by atoms with van der Waals surface area (Å²) in [6, 6.07) is 12.8. The van der Waals surface area contributed by atoms with Crippen molar-refractivity contribution in [2.24, 2.45) is 9.98 Å². The van der Waals surface area contributed by atoms with Crippen molar-refractivity contribution in [1.29, 1.82) is 0 Å². The molecule has 140 valence electrons. The second kappa shape index (κ2) is 8.35. The quantitative estimate of drug-likeness (QED) is 0.572. The SMILES string of the molecule is CC1(C)N=C(SCC(=O)Nc2ccc(Br)cc2)C(c2ccc(Cl)c(Cl)c2)=N1. The summed E-state index contributed by atoms with van der Waals surface area (Å²) in [5.41, 5.74) is 1.72. The standard InChI is InChI=1S/C19H16BrCl2N3OS/c1-19(2)24-17(11-3-8-14(21)15(22)9-11)18(25-19)27-10-16(26)23-13-6-4-12(20)5-7-13/h3-9H,10H2,1-2H3,(H,23,26). The van der Waals surface area contributed by atoms with Crippen LogP contribution in [-0.2, 0) is 4.79 Å². The van der Waals surface area contributed by atoms with E-state index in [-0.39, 0.29) is 11.7 Å². The van der Waals surface area contributed by atoms with E-state index in [1.807, 2.05) is 44.2 Å². The van der Waals surface area contributed by atoms with Gasteiger partial charge in [-0.25, -0.2) is 4.99 Å². The Balaban J connectivity index is 1.70. The molecule has 2 aromatic carbocycles. The molecule has 1 heterocycles. The van der Waals surface area contributed by atoms with Gasteiger partial charge in [-0.2, -0.15) is 0 Å². The van der Waals surface area contributed by atoms with Crippen LogP contribution in [0.25, 0.3) is 0 Å². The lowest BCUT2D eigenvalue weighted by molar-refractivity contribution is -0.113. The summed E-state index contributed by atoms with van der Waals surface area (Å²) in [5, 5.41) is 4.53. The molecule has 0 saturated heterocycles. The first-order valence-corrected chi connectivity index (χ1v) is 10.6. The van der Waals surface area contributed by atoms with Crippen molar-refractivity contribution >= 4 is 73.2 Å². The molecule has 0 fully saturated rings. The van der Waals surface area contributed by atoms with Crippen LogP contribution in [0.2, 0.25) is 10.0 Å². The molecule has 0 saturated carbocycles. The van der Waals surface area contributed by atoms with Gasteiger partial charge in [-0.3, -0.25) is 9.79 Å². The van der Waals surface area contributed by atoms with Crippen molar-refractivity contribution in [2.75, 3.05) is 11.1 Å². The topological polar surface area (TPSA) is 53.8 Å². The number of carbonyl (C=O) groups excluding carboxylic acids is 1. The lowest BCUT2D eigenvalue weighted by Crippen LogP contribution is -2.17. The maximum Gasteiger partial charge on any atom is 0.234 e. The molecule has 0 bridgehead atoms. The van der Waals surface area contributed by atoms with Crippen LogP contribution >= 0.6 is 50.9 Å². The van der Waals surface area contributed by atoms with E-state index in [0.29, 0.717) is 15.1 Å². The molecule has 0 radical (unpaired) electrons. The molecule has 1 amide bonds. The maximum atomic E-state index is 12.3. The van der Waals surface area contributed by atoms with Crippen LogP contribution in [0.4, 0.5) is 5.69 Å². The van der Waals surface area contributed by atoms with Gasteiger partial charge in [0.25, 0.3) is 0 Å². The van der Waals surface area contributed by atoms with Gasteiger partial charge in [-0.05, 0) is 50.2 Å². The van der Waals surface area contributed by atoms with E-state index in [0.717, 1.165) is 21.4 Å². The molecule has 0 aromatic heterocycles.